The summed E-state index contributed by atoms with van der Waals surface area (Å²) in [5.41, 5.74) is -0.758. The van der Waals surface area contributed by atoms with Gasteiger partial charge in [0, 0.05) is 12.4 Å². The smallest absolute Gasteiger partial charge is 0.279 e. The van der Waals surface area contributed by atoms with Gasteiger partial charge in [-0.1, -0.05) is 25.1 Å². The second kappa shape index (κ2) is 5.68. The Morgan fingerprint density at radius 2 is 2.31 bits per heavy atom. The summed E-state index contributed by atoms with van der Waals surface area (Å²) in [4.78, 5) is 23.3. The van der Waals surface area contributed by atoms with Crippen molar-refractivity contribution in [3.63, 3.8) is 0 Å². The lowest BCUT2D eigenvalue weighted by Gasteiger charge is -2.29. The van der Waals surface area contributed by atoms with Gasteiger partial charge >= 0.3 is 0 Å². The van der Waals surface area contributed by atoms with Crippen LogP contribution in [0, 0.1) is 0 Å². The SMILES string of the molecule is CCCC(C)(OCC)C(=O)[C@@H]1CSC(=O)N1. The van der Waals surface area contributed by atoms with Gasteiger partial charge in [0.05, 0.1) is 0 Å². The Kier molecular flexibility index (Phi) is 4.80. The molecule has 1 N–H and O–H groups in total. The van der Waals surface area contributed by atoms with Crippen LogP contribution in [0.1, 0.15) is 33.6 Å². The number of carbonyl (C=O) groups excluding carboxylic acids is 2. The molecule has 2 atom stereocenters. The predicted octanol–water partition coefficient (Wildman–Crippen LogP) is 1.98. The van der Waals surface area contributed by atoms with E-state index in [4.69, 9.17) is 4.74 Å². The molecule has 1 aliphatic heterocycles. The van der Waals surface area contributed by atoms with Crippen LogP contribution in [0.4, 0.5) is 4.79 Å². The summed E-state index contributed by atoms with van der Waals surface area (Å²) in [7, 11) is 0. The molecule has 0 radical (unpaired) electrons. The normalized spacial score (nSPS) is 23.9. The minimum Gasteiger partial charge on any atom is -0.368 e. The van der Waals surface area contributed by atoms with Crippen molar-refractivity contribution in [1.29, 1.82) is 0 Å². The quantitative estimate of drug-likeness (QED) is 0.777. The zero-order chi connectivity index (χ0) is 12.2. The molecule has 92 valence electrons. The van der Waals surface area contributed by atoms with Crippen LogP contribution in [0.2, 0.25) is 0 Å². The number of carbonyl (C=O) groups is 2. The molecule has 0 aromatic rings. The summed E-state index contributed by atoms with van der Waals surface area (Å²) < 4.78 is 5.57. The summed E-state index contributed by atoms with van der Waals surface area (Å²) in [6.45, 7) is 6.23. The van der Waals surface area contributed by atoms with E-state index in [1.54, 1.807) is 0 Å². The molecule has 1 aliphatic rings. The maximum atomic E-state index is 12.2. The number of thioether (sulfide) groups is 1. The standard InChI is InChI=1S/C11H19NO3S/c1-4-6-11(3,15-5-2)9(13)8-7-16-10(14)12-8/h8H,4-7H2,1-3H3,(H,12,14)/t8-,11?/m0/s1. The van der Waals surface area contributed by atoms with Crippen LogP contribution in [-0.2, 0) is 9.53 Å². The van der Waals surface area contributed by atoms with Crippen molar-refractivity contribution in [2.45, 2.75) is 45.3 Å². The van der Waals surface area contributed by atoms with Gasteiger partial charge in [-0.15, -0.1) is 0 Å². The molecule has 1 unspecified atom stereocenters. The first-order chi connectivity index (χ1) is 7.53. The molecule has 1 saturated heterocycles. The second-order valence-corrected chi connectivity index (χ2v) is 5.07. The van der Waals surface area contributed by atoms with E-state index in [1.165, 1.54) is 0 Å². The third kappa shape index (κ3) is 2.98. The van der Waals surface area contributed by atoms with Gasteiger partial charge in [0.15, 0.2) is 5.78 Å². The maximum absolute atomic E-state index is 12.2. The van der Waals surface area contributed by atoms with Crippen molar-refractivity contribution in [3.8, 4) is 0 Å². The number of hydrogen-bond donors (Lipinski definition) is 1. The Bertz CT molecular complexity index is 274. The number of hydrogen-bond acceptors (Lipinski definition) is 4. The summed E-state index contributed by atoms with van der Waals surface area (Å²) in [5.74, 6) is 0.513. The molecule has 1 heterocycles. The van der Waals surface area contributed by atoms with Crippen molar-refractivity contribution in [3.05, 3.63) is 0 Å². The monoisotopic (exact) mass is 245 g/mol. The number of amides is 1. The molecular weight excluding hydrogens is 226 g/mol. The number of nitrogens with one attached hydrogen (secondary N) is 1. The Morgan fingerprint density at radius 1 is 1.62 bits per heavy atom. The van der Waals surface area contributed by atoms with E-state index in [2.05, 4.69) is 5.32 Å². The maximum Gasteiger partial charge on any atom is 0.279 e. The summed E-state index contributed by atoms with van der Waals surface area (Å²) in [6.07, 6.45) is 1.58. The van der Waals surface area contributed by atoms with Crippen molar-refractivity contribution >= 4 is 22.8 Å². The minimum atomic E-state index is -0.758. The van der Waals surface area contributed by atoms with Gasteiger partial charge in [0.2, 0.25) is 0 Å². The molecule has 16 heavy (non-hydrogen) atoms. The van der Waals surface area contributed by atoms with Crippen LogP contribution in [-0.4, -0.2) is 35.0 Å². The molecule has 0 saturated carbocycles. The summed E-state index contributed by atoms with van der Waals surface area (Å²) in [5, 5.41) is 2.55. The van der Waals surface area contributed by atoms with Gasteiger partial charge in [-0.2, -0.15) is 0 Å². The summed E-state index contributed by atoms with van der Waals surface area (Å²) in [6, 6.07) is -0.388. The molecule has 0 aliphatic carbocycles. The van der Waals surface area contributed by atoms with Gasteiger partial charge in [-0.05, 0) is 20.3 Å². The molecule has 0 spiro atoms. The molecular formula is C11H19NO3S. The van der Waals surface area contributed by atoms with E-state index in [0.717, 1.165) is 18.2 Å². The topological polar surface area (TPSA) is 55.4 Å². The Balaban J connectivity index is 2.70. The van der Waals surface area contributed by atoms with Crippen LogP contribution in [0.25, 0.3) is 0 Å². The highest BCUT2D eigenvalue weighted by Crippen LogP contribution is 2.24. The van der Waals surface area contributed by atoms with Gasteiger partial charge in [0.25, 0.3) is 5.24 Å². The Morgan fingerprint density at radius 3 is 2.75 bits per heavy atom. The largest absolute Gasteiger partial charge is 0.368 e. The van der Waals surface area contributed by atoms with Crippen molar-refractivity contribution in [2.75, 3.05) is 12.4 Å². The minimum absolute atomic E-state index is 0.00505. The van der Waals surface area contributed by atoms with E-state index < -0.39 is 5.60 Å². The average molecular weight is 245 g/mol. The molecule has 1 amide bonds. The molecule has 0 aromatic heterocycles. The summed E-state index contributed by atoms with van der Waals surface area (Å²) >= 11 is 1.16. The van der Waals surface area contributed by atoms with Crippen LogP contribution >= 0.6 is 11.8 Å². The Labute approximate surface area is 100 Å². The fourth-order valence-electron chi connectivity index (χ4n) is 1.96. The fourth-order valence-corrected chi connectivity index (χ4v) is 2.73. The molecule has 4 nitrogen and oxygen atoms in total. The first-order valence-corrected chi connectivity index (χ1v) is 6.63. The van der Waals surface area contributed by atoms with E-state index in [9.17, 15) is 9.59 Å². The molecule has 1 fully saturated rings. The van der Waals surface area contributed by atoms with Crippen LogP contribution in [0.5, 0.6) is 0 Å². The fraction of sp³-hybridized carbons (Fsp3) is 0.818. The molecule has 5 heteroatoms. The van der Waals surface area contributed by atoms with Gasteiger partial charge in [-0.25, -0.2) is 0 Å². The van der Waals surface area contributed by atoms with Gasteiger partial charge < -0.3 is 10.1 Å². The van der Waals surface area contributed by atoms with Crippen molar-refractivity contribution < 1.29 is 14.3 Å². The van der Waals surface area contributed by atoms with Gasteiger partial charge in [0.1, 0.15) is 11.6 Å². The first-order valence-electron chi connectivity index (χ1n) is 5.65. The number of ketones is 1. The van der Waals surface area contributed by atoms with Crippen molar-refractivity contribution in [1.82, 2.24) is 5.32 Å². The number of ether oxygens (including phenoxy) is 1. The van der Waals surface area contributed by atoms with E-state index in [-0.39, 0.29) is 17.1 Å². The average Bonchev–Trinajstić information content (AvgIpc) is 2.64. The lowest BCUT2D eigenvalue weighted by atomic mass is 9.91. The lowest BCUT2D eigenvalue weighted by Crippen LogP contribution is -2.49. The highest BCUT2D eigenvalue weighted by atomic mass is 32.2. The van der Waals surface area contributed by atoms with Crippen LogP contribution < -0.4 is 5.32 Å². The molecule has 1 rings (SSSR count). The van der Waals surface area contributed by atoms with Crippen LogP contribution in [0.3, 0.4) is 0 Å². The third-order valence-corrected chi connectivity index (χ3v) is 3.58. The molecule has 0 bridgehead atoms. The Hall–Kier alpha value is -0.550. The van der Waals surface area contributed by atoms with Gasteiger partial charge in [-0.3, -0.25) is 9.59 Å². The van der Waals surface area contributed by atoms with E-state index in [1.807, 2.05) is 20.8 Å². The molecule has 0 aromatic carbocycles. The number of rotatable bonds is 6. The highest BCUT2D eigenvalue weighted by molar-refractivity contribution is 8.14. The van der Waals surface area contributed by atoms with Crippen molar-refractivity contribution in [2.24, 2.45) is 0 Å². The predicted molar refractivity (Wildman–Crippen MR) is 64.7 cm³/mol. The zero-order valence-electron chi connectivity index (χ0n) is 10.0. The van der Waals surface area contributed by atoms with E-state index in [0.29, 0.717) is 18.8 Å². The first kappa shape index (κ1) is 13.5. The highest BCUT2D eigenvalue weighted by Gasteiger charge is 2.40. The van der Waals surface area contributed by atoms with E-state index >= 15 is 0 Å². The number of Topliss-reactive ketones (excluding diaryl/α,β-unsaturated/α-hetero) is 1. The van der Waals surface area contributed by atoms with Crippen LogP contribution in [0.15, 0.2) is 0 Å². The third-order valence-electron chi connectivity index (χ3n) is 2.70. The second-order valence-electron chi connectivity index (χ2n) is 4.07. The zero-order valence-corrected chi connectivity index (χ0v) is 10.9. The lowest BCUT2D eigenvalue weighted by molar-refractivity contribution is -0.144.